The van der Waals surface area contributed by atoms with E-state index in [0.717, 1.165) is 24.2 Å². The molecule has 0 fully saturated rings. The van der Waals surface area contributed by atoms with Crippen molar-refractivity contribution in [3.63, 3.8) is 0 Å². The summed E-state index contributed by atoms with van der Waals surface area (Å²) in [4.78, 5) is 5.08. The van der Waals surface area contributed by atoms with E-state index in [2.05, 4.69) is 183 Å². The maximum absolute atomic E-state index is 6.64. The second kappa shape index (κ2) is 12.4. The second-order valence-electron chi connectivity index (χ2n) is 18.9. The number of fused-ring (bicyclic) bond motifs is 10. The van der Waals surface area contributed by atoms with Crippen LogP contribution in [0.2, 0.25) is 0 Å². The second-order valence-corrected chi connectivity index (χ2v) is 20.0. The molecular formula is C50H53BN2OS. The van der Waals surface area contributed by atoms with Crippen LogP contribution in [-0.4, -0.2) is 6.71 Å². The van der Waals surface area contributed by atoms with Crippen LogP contribution in [0.1, 0.15) is 111 Å². The number of thiophene rings is 1. The Kier molecular flexibility index (Phi) is 8.09. The van der Waals surface area contributed by atoms with Crippen molar-refractivity contribution in [3.05, 3.63) is 136 Å². The number of benzene rings is 4. The summed E-state index contributed by atoms with van der Waals surface area (Å²) < 4.78 is 9.33. The first-order chi connectivity index (χ1) is 26.0. The molecule has 0 saturated carbocycles. The molecule has 4 heterocycles. The molecule has 0 bridgehead atoms. The van der Waals surface area contributed by atoms with E-state index in [-0.39, 0.29) is 23.0 Å². The number of allylic oxidation sites excluding steroid dienone is 4. The van der Waals surface area contributed by atoms with Crippen LogP contribution < -0.4 is 20.0 Å². The van der Waals surface area contributed by atoms with E-state index in [9.17, 15) is 0 Å². The summed E-state index contributed by atoms with van der Waals surface area (Å²) in [7, 11) is 0. The summed E-state index contributed by atoms with van der Waals surface area (Å²) in [6.45, 7) is 25.4. The van der Waals surface area contributed by atoms with E-state index < -0.39 is 0 Å². The minimum absolute atomic E-state index is 0.00357. The number of aryl methyl sites for hydroxylation is 1. The van der Waals surface area contributed by atoms with E-state index in [1.807, 2.05) is 11.3 Å². The van der Waals surface area contributed by atoms with Gasteiger partial charge in [0.1, 0.15) is 11.3 Å². The van der Waals surface area contributed by atoms with E-state index in [0.29, 0.717) is 0 Å². The number of rotatable bonds is 2. The lowest BCUT2D eigenvalue weighted by atomic mass is 9.35. The first-order valence-electron chi connectivity index (χ1n) is 20.1. The van der Waals surface area contributed by atoms with Gasteiger partial charge in [-0.15, -0.1) is 11.3 Å². The quantitative estimate of drug-likeness (QED) is 0.165. The first kappa shape index (κ1) is 35.9. The zero-order valence-corrected chi connectivity index (χ0v) is 35.3. The standard InChI is InChI=1S/C50H53BN2OS/c1-12-40-45-30(2)52(34-22-17-31(18-23-34)48(3,4)5)41-26-21-33(50(9,10)11)27-39(41)51(45)47-46(53(40)35-24-19-32(20-25-35)49(6,7)8)38-28-43-37(29-44(38)55-47)36-15-13-14-16-42(36)54-43/h12-13,15,17-29H,14,16H2,1-11H3/b40-12+. The molecular weight excluding hydrogens is 687 g/mol. The van der Waals surface area contributed by atoms with E-state index >= 15 is 0 Å². The van der Waals surface area contributed by atoms with Crippen LogP contribution in [0.25, 0.3) is 27.1 Å². The van der Waals surface area contributed by atoms with Crippen molar-refractivity contribution < 1.29 is 4.42 Å². The minimum Gasteiger partial charge on any atom is -0.460 e. The maximum Gasteiger partial charge on any atom is 0.264 e. The van der Waals surface area contributed by atoms with Crippen molar-refractivity contribution in [1.82, 2.24) is 0 Å². The third-order valence-electron chi connectivity index (χ3n) is 12.2. The predicted octanol–water partition coefficient (Wildman–Crippen LogP) is 13.1. The van der Waals surface area contributed by atoms with E-state index in [1.54, 1.807) is 0 Å². The normalized spacial score (nSPS) is 16.6. The zero-order chi connectivity index (χ0) is 38.8. The van der Waals surface area contributed by atoms with Crippen molar-refractivity contribution >= 4 is 78.2 Å². The highest BCUT2D eigenvalue weighted by atomic mass is 32.1. The van der Waals surface area contributed by atoms with Gasteiger partial charge >= 0.3 is 0 Å². The Labute approximate surface area is 332 Å². The molecule has 9 rings (SSSR count). The molecule has 0 atom stereocenters. The summed E-state index contributed by atoms with van der Waals surface area (Å²) >= 11 is 1.97. The lowest BCUT2D eigenvalue weighted by Crippen LogP contribution is -2.55. The summed E-state index contributed by atoms with van der Waals surface area (Å²) in [6.07, 6.45) is 8.90. The summed E-state index contributed by atoms with van der Waals surface area (Å²) in [5, 5.41) is 2.48. The Morgan fingerprint density at radius 3 is 1.91 bits per heavy atom. The van der Waals surface area contributed by atoms with Gasteiger partial charge in [-0.25, -0.2) is 0 Å². The maximum atomic E-state index is 6.64. The number of anilines is 4. The highest BCUT2D eigenvalue weighted by molar-refractivity contribution is 7.32. The fourth-order valence-electron chi connectivity index (χ4n) is 9.05. The largest absolute Gasteiger partial charge is 0.460 e. The van der Waals surface area contributed by atoms with Gasteiger partial charge in [0.2, 0.25) is 0 Å². The molecule has 0 amide bonds. The summed E-state index contributed by atoms with van der Waals surface area (Å²) in [5.74, 6) is 1.11. The van der Waals surface area contributed by atoms with Gasteiger partial charge in [0.25, 0.3) is 6.71 Å². The molecule has 0 N–H and O–H groups in total. The molecule has 0 spiro atoms. The van der Waals surface area contributed by atoms with Crippen molar-refractivity contribution in [1.29, 1.82) is 0 Å². The fraction of sp³-hybridized carbons (Fsp3) is 0.320. The molecule has 0 saturated heterocycles. The third kappa shape index (κ3) is 5.67. The van der Waals surface area contributed by atoms with Crippen LogP contribution in [-0.2, 0) is 22.7 Å². The van der Waals surface area contributed by atoms with Gasteiger partial charge in [-0.3, -0.25) is 0 Å². The molecule has 2 aliphatic heterocycles. The average molecular weight is 741 g/mol. The van der Waals surface area contributed by atoms with Crippen LogP contribution in [0.5, 0.6) is 0 Å². The van der Waals surface area contributed by atoms with Crippen LogP contribution in [0.3, 0.4) is 0 Å². The lowest BCUT2D eigenvalue weighted by molar-refractivity contribution is 0.546. The average Bonchev–Trinajstić information content (AvgIpc) is 3.69. The van der Waals surface area contributed by atoms with Gasteiger partial charge in [0.15, 0.2) is 0 Å². The molecule has 3 aliphatic rings. The van der Waals surface area contributed by atoms with Crippen molar-refractivity contribution in [3.8, 4) is 0 Å². The summed E-state index contributed by atoms with van der Waals surface area (Å²) in [5.41, 5.74) is 16.6. The molecule has 2 aromatic heterocycles. The van der Waals surface area contributed by atoms with Crippen molar-refractivity contribution in [2.75, 3.05) is 9.80 Å². The van der Waals surface area contributed by atoms with Crippen LogP contribution in [0.15, 0.2) is 112 Å². The third-order valence-corrected chi connectivity index (χ3v) is 13.4. The van der Waals surface area contributed by atoms with Crippen molar-refractivity contribution in [2.45, 2.75) is 105 Å². The SMILES string of the molecule is C/C=C1\C2=C(C)N(c3ccc(C(C)(C)C)cc3)c3ccc(C(C)(C)C)cc3B2c2sc3cc4c5c(oc4cc3c2N1c1ccc(C(C)(C)C)cc1)CCC=C5. The van der Waals surface area contributed by atoms with E-state index in [1.165, 1.54) is 87.6 Å². The van der Waals surface area contributed by atoms with E-state index in [4.69, 9.17) is 4.42 Å². The number of nitrogens with zero attached hydrogens (tertiary/aromatic N) is 2. The Hall–Kier alpha value is -4.74. The zero-order valence-electron chi connectivity index (χ0n) is 34.4. The molecule has 1 aliphatic carbocycles. The van der Waals surface area contributed by atoms with Crippen molar-refractivity contribution in [2.24, 2.45) is 0 Å². The molecule has 0 unspecified atom stereocenters. The van der Waals surface area contributed by atoms with Crippen LogP contribution in [0, 0.1) is 0 Å². The monoisotopic (exact) mass is 740 g/mol. The molecule has 278 valence electrons. The first-order valence-corrected chi connectivity index (χ1v) is 20.9. The van der Waals surface area contributed by atoms with Gasteiger partial charge in [0, 0.05) is 60.7 Å². The smallest absolute Gasteiger partial charge is 0.264 e. The Morgan fingerprint density at radius 1 is 0.709 bits per heavy atom. The molecule has 6 aromatic rings. The lowest BCUT2D eigenvalue weighted by Gasteiger charge is -2.44. The fourth-order valence-corrected chi connectivity index (χ4v) is 10.4. The minimum atomic E-state index is 0.00357. The highest BCUT2D eigenvalue weighted by Crippen LogP contribution is 2.50. The number of furan rings is 1. The van der Waals surface area contributed by atoms with Gasteiger partial charge in [-0.05, 0) is 107 Å². The number of hydrogen-bond donors (Lipinski definition) is 0. The summed E-state index contributed by atoms with van der Waals surface area (Å²) in [6, 6.07) is 30.6. The molecule has 3 nitrogen and oxygen atoms in total. The van der Waals surface area contributed by atoms with Gasteiger partial charge in [0.05, 0.1) is 5.69 Å². The molecule has 0 radical (unpaired) electrons. The van der Waals surface area contributed by atoms with Crippen LogP contribution >= 0.6 is 11.3 Å². The van der Waals surface area contributed by atoms with Crippen LogP contribution in [0.4, 0.5) is 22.7 Å². The van der Waals surface area contributed by atoms with Gasteiger partial charge in [-0.2, -0.15) is 0 Å². The Balaban J connectivity index is 1.36. The molecule has 55 heavy (non-hydrogen) atoms. The number of hydrogen-bond acceptors (Lipinski definition) is 4. The molecule has 5 heteroatoms. The Bertz CT molecular complexity index is 2610. The molecule has 4 aromatic carbocycles. The highest BCUT2D eigenvalue weighted by Gasteiger charge is 2.46. The Morgan fingerprint density at radius 2 is 1.31 bits per heavy atom. The topological polar surface area (TPSA) is 19.6 Å². The predicted molar refractivity (Wildman–Crippen MR) is 240 cm³/mol. The van der Waals surface area contributed by atoms with Gasteiger partial charge < -0.3 is 14.2 Å². The van der Waals surface area contributed by atoms with Gasteiger partial charge in [-0.1, -0.05) is 117 Å².